The second-order valence-corrected chi connectivity index (χ2v) is 6.84. The molecular formula is C18H30N2. The summed E-state index contributed by atoms with van der Waals surface area (Å²) < 4.78 is 0. The number of rotatable bonds is 4. The average Bonchev–Trinajstić information content (AvgIpc) is 2.39. The van der Waals surface area contributed by atoms with Gasteiger partial charge in [0.05, 0.1) is 0 Å². The van der Waals surface area contributed by atoms with Crippen molar-refractivity contribution < 1.29 is 0 Å². The Kier molecular flexibility index (Phi) is 5.09. The van der Waals surface area contributed by atoms with Crippen LogP contribution in [0.2, 0.25) is 0 Å². The van der Waals surface area contributed by atoms with Gasteiger partial charge in [-0.25, -0.2) is 0 Å². The highest BCUT2D eigenvalue weighted by Gasteiger charge is 2.23. The molecule has 0 radical (unpaired) electrons. The number of nitrogens with zero attached hydrogens (tertiary/aromatic N) is 1. The lowest BCUT2D eigenvalue weighted by Crippen LogP contribution is -2.41. The maximum atomic E-state index is 3.49. The van der Waals surface area contributed by atoms with Crippen LogP contribution in [0.15, 0.2) is 18.2 Å². The van der Waals surface area contributed by atoms with E-state index in [2.05, 4.69) is 63.0 Å². The van der Waals surface area contributed by atoms with E-state index in [1.165, 1.54) is 36.2 Å². The van der Waals surface area contributed by atoms with Gasteiger partial charge in [0.15, 0.2) is 0 Å². The van der Waals surface area contributed by atoms with E-state index in [4.69, 9.17) is 0 Å². The first-order valence-electron chi connectivity index (χ1n) is 8.07. The maximum Gasteiger partial charge on any atom is 0.0398 e. The third-order valence-electron chi connectivity index (χ3n) is 4.40. The van der Waals surface area contributed by atoms with Gasteiger partial charge in [0.1, 0.15) is 0 Å². The molecule has 2 rings (SSSR count). The topological polar surface area (TPSA) is 15.3 Å². The number of piperidine rings is 1. The molecule has 0 saturated carbocycles. The van der Waals surface area contributed by atoms with E-state index < -0.39 is 0 Å². The second kappa shape index (κ2) is 6.62. The molecule has 1 aliphatic rings. The standard InChI is InChI=1S/C18H30N2/c1-13(2)19-11-17-8-9-18(15(4)10-17)20-12-14(3)6-7-16(20)5/h8-10,13-14,16,19H,6-7,11-12H2,1-5H3. The molecule has 1 heterocycles. The zero-order valence-electron chi connectivity index (χ0n) is 13.7. The van der Waals surface area contributed by atoms with Crippen LogP contribution in [0.4, 0.5) is 5.69 Å². The Balaban J connectivity index is 2.12. The highest BCUT2D eigenvalue weighted by molar-refractivity contribution is 5.55. The van der Waals surface area contributed by atoms with Gasteiger partial charge in [0.2, 0.25) is 0 Å². The molecule has 1 aromatic rings. The van der Waals surface area contributed by atoms with Crippen molar-refractivity contribution in [3.8, 4) is 0 Å². The predicted octanol–water partition coefficient (Wildman–Crippen LogP) is 4.12. The summed E-state index contributed by atoms with van der Waals surface area (Å²) in [7, 11) is 0. The molecule has 1 fully saturated rings. The molecule has 2 heteroatoms. The first-order chi connectivity index (χ1) is 9.47. The minimum atomic E-state index is 0.540. The van der Waals surface area contributed by atoms with Gasteiger partial charge in [-0.3, -0.25) is 0 Å². The molecule has 1 aromatic carbocycles. The molecule has 1 aliphatic heterocycles. The summed E-state index contributed by atoms with van der Waals surface area (Å²) in [4.78, 5) is 2.60. The fourth-order valence-corrected chi connectivity index (χ4v) is 3.10. The van der Waals surface area contributed by atoms with Gasteiger partial charge in [-0.15, -0.1) is 0 Å². The molecule has 20 heavy (non-hydrogen) atoms. The monoisotopic (exact) mass is 274 g/mol. The van der Waals surface area contributed by atoms with Gasteiger partial charge in [-0.1, -0.05) is 32.9 Å². The quantitative estimate of drug-likeness (QED) is 0.888. The molecular weight excluding hydrogens is 244 g/mol. The fourth-order valence-electron chi connectivity index (χ4n) is 3.10. The fraction of sp³-hybridized carbons (Fsp3) is 0.667. The van der Waals surface area contributed by atoms with Crippen LogP contribution in [0.3, 0.4) is 0 Å². The van der Waals surface area contributed by atoms with Crippen LogP contribution in [0.25, 0.3) is 0 Å². The number of aryl methyl sites for hydroxylation is 1. The molecule has 1 saturated heterocycles. The summed E-state index contributed by atoms with van der Waals surface area (Å²) in [6, 6.07) is 8.16. The third kappa shape index (κ3) is 3.76. The molecule has 0 aromatic heterocycles. The summed E-state index contributed by atoms with van der Waals surface area (Å²) in [6.07, 6.45) is 2.68. The number of benzene rings is 1. The van der Waals surface area contributed by atoms with Crippen LogP contribution >= 0.6 is 0 Å². The van der Waals surface area contributed by atoms with Crippen molar-refractivity contribution in [3.63, 3.8) is 0 Å². The van der Waals surface area contributed by atoms with E-state index in [-0.39, 0.29) is 0 Å². The van der Waals surface area contributed by atoms with Gasteiger partial charge in [0, 0.05) is 30.9 Å². The number of anilines is 1. The number of hydrogen-bond acceptors (Lipinski definition) is 2. The average molecular weight is 274 g/mol. The molecule has 0 amide bonds. The molecule has 0 bridgehead atoms. The Morgan fingerprint density at radius 2 is 2.00 bits per heavy atom. The lowest BCUT2D eigenvalue weighted by atomic mass is 9.93. The summed E-state index contributed by atoms with van der Waals surface area (Å²) >= 11 is 0. The van der Waals surface area contributed by atoms with Crippen LogP contribution in [0, 0.1) is 12.8 Å². The van der Waals surface area contributed by atoms with Crippen molar-refractivity contribution in [2.45, 2.75) is 66.1 Å². The first kappa shape index (κ1) is 15.4. The lowest BCUT2D eigenvalue weighted by Gasteiger charge is -2.39. The zero-order valence-corrected chi connectivity index (χ0v) is 13.7. The molecule has 2 nitrogen and oxygen atoms in total. The van der Waals surface area contributed by atoms with Crippen molar-refractivity contribution in [1.29, 1.82) is 0 Å². The van der Waals surface area contributed by atoms with Gasteiger partial charge >= 0.3 is 0 Å². The third-order valence-corrected chi connectivity index (χ3v) is 4.40. The molecule has 2 atom stereocenters. The van der Waals surface area contributed by atoms with Crippen molar-refractivity contribution >= 4 is 5.69 Å². The molecule has 112 valence electrons. The highest BCUT2D eigenvalue weighted by atomic mass is 15.2. The van der Waals surface area contributed by atoms with E-state index in [1.807, 2.05) is 0 Å². The minimum absolute atomic E-state index is 0.540. The molecule has 1 N–H and O–H groups in total. The largest absolute Gasteiger partial charge is 0.368 e. The number of nitrogens with one attached hydrogen (secondary N) is 1. The van der Waals surface area contributed by atoms with Crippen LogP contribution in [0.5, 0.6) is 0 Å². The van der Waals surface area contributed by atoms with Gasteiger partial charge in [0.25, 0.3) is 0 Å². The first-order valence-corrected chi connectivity index (χ1v) is 8.07. The van der Waals surface area contributed by atoms with Crippen LogP contribution < -0.4 is 10.2 Å². The Morgan fingerprint density at radius 1 is 1.25 bits per heavy atom. The molecule has 0 spiro atoms. The second-order valence-electron chi connectivity index (χ2n) is 6.84. The van der Waals surface area contributed by atoms with Crippen molar-refractivity contribution in [3.05, 3.63) is 29.3 Å². The minimum Gasteiger partial charge on any atom is -0.368 e. The van der Waals surface area contributed by atoms with E-state index in [1.54, 1.807) is 0 Å². The molecule has 2 unspecified atom stereocenters. The van der Waals surface area contributed by atoms with Gasteiger partial charge in [-0.05, 0) is 49.8 Å². The Labute approximate surface area is 124 Å². The summed E-state index contributed by atoms with van der Waals surface area (Å²) in [6.45, 7) is 13.5. The SMILES string of the molecule is Cc1cc(CNC(C)C)ccc1N1CC(C)CCC1C. The molecule has 0 aliphatic carbocycles. The smallest absolute Gasteiger partial charge is 0.0398 e. The van der Waals surface area contributed by atoms with Crippen LogP contribution in [-0.4, -0.2) is 18.6 Å². The Morgan fingerprint density at radius 3 is 2.65 bits per heavy atom. The van der Waals surface area contributed by atoms with E-state index in [9.17, 15) is 0 Å². The van der Waals surface area contributed by atoms with E-state index in [0.717, 1.165) is 12.5 Å². The Hall–Kier alpha value is -1.02. The van der Waals surface area contributed by atoms with Crippen LogP contribution in [0.1, 0.15) is 51.7 Å². The van der Waals surface area contributed by atoms with Crippen LogP contribution in [-0.2, 0) is 6.54 Å². The normalized spacial score (nSPS) is 23.4. The summed E-state index contributed by atoms with van der Waals surface area (Å²) in [5.74, 6) is 0.813. The van der Waals surface area contributed by atoms with Crippen molar-refractivity contribution in [1.82, 2.24) is 5.32 Å². The predicted molar refractivity (Wildman–Crippen MR) is 88.4 cm³/mol. The summed E-state index contributed by atoms with van der Waals surface area (Å²) in [5.41, 5.74) is 4.23. The highest BCUT2D eigenvalue weighted by Crippen LogP contribution is 2.30. The van der Waals surface area contributed by atoms with Gasteiger partial charge < -0.3 is 10.2 Å². The zero-order chi connectivity index (χ0) is 14.7. The van der Waals surface area contributed by atoms with E-state index in [0.29, 0.717) is 12.1 Å². The van der Waals surface area contributed by atoms with Crippen molar-refractivity contribution in [2.24, 2.45) is 5.92 Å². The lowest BCUT2D eigenvalue weighted by molar-refractivity contribution is 0.390. The van der Waals surface area contributed by atoms with E-state index >= 15 is 0 Å². The Bertz CT molecular complexity index is 439. The summed E-state index contributed by atoms with van der Waals surface area (Å²) in [5, 5.41) is 3.49. The maximum absolute atomic E-state index is 3.49. The number of hydrogen-bond donors (Lipinski definition) is 1. The van der Waals surface area contributed by atoms with Gasteiger partial charge in [-0.2, -0.15) is 0 Å². The van der Waals surface area contributed by atoms with Crippen molar-refractivity contribution in [2.75, 3.05) is 11.4 Å².